The van der Waals surface area contributed by atoms with Crippen LogP contribution in [-0.4, -0.2) is 55.1 Å². The third-order valence-electron chi connectivity index (χ3n) is 4.94. The van der Waals surface area contributed by atoms with E-state index >= 15 is 0 Å². The Kier molecular flexibility index (Phi) is 11.7. The molecule has 0 bridgehead atoms. The molecule has 0 aliphatic heterocycles. The first kappa shape index (κ1) is 28.7. The Balaban J connectivity index is 0.00000272. The molecule has 1 heterocycles. The van der Waals surface area contributed by atoms with Crippen molar-refractivity contribution in [3.05, 3.63) is 53.3 Å². The van der Waals surface area contributed by atoms with Crippen LogP contribution in [0.2, 0.25) is 5.15 Å². The van der Waals surface area contributed by atoms with Crippen LogP contribution in [-0.2, 0) is 0 Å². The van der Waals surface area contributed by atoms with Gasteiger partial charge in [-0.3, -0.25) is 0 Å². The number of aliphatic hydroxyl groups is 1. The first-order valence-corrected chi connectivity index (χ1v) is 10.4. The van der Waals surface area contributed by atoms with E-state index in [0.29, 0.717) is 34.8 Å². The molecular weight excluding hydrogens is 489 g/mol. The number of nitrogens with one attached hydrogen (secondary N) is 1. The van der Waals surface area contributed by atoms with Gasteiger partial charge in [-0.25, -0.2) is 4.98 Å². The van der Waals surface area contributed by atoms with Crippen molar-refractivity contribution in [1.29, 1.82) is 0 Å². The summed E-state index contributed by atoms with van der Waals surface area (Å²) in [5, 5.41) is 11.0. The smallest absolute Gasteiger partial charge is 0.162 e. The average Bonchev–Trinajstić information content (AvgIpc) is 3.14. The fourth-order valence-electron chi connectivity index (χ4n) is 3.22. The molecule has 2 aromatic carbocycles. The normalized spacial score (nSPS) is 11.1. The number of aromatic nitrogens is 2. The Labute approximate surface area is 211 Å². The van der Waals surface area contributed by atoms with Gasteiger partial charge in [0.15, 0.2) is 11.5 Å². The third-order valence-corrected chi connectivity index (χ3v) is 5.31. The van der Waals surface area contributed by atoms with Crippen molar-refractivity contribution in [3.63, 3.8) is 0 Å². The van der Waals surface area contributed by atoms with Crippen molar-refractivity contribution in [2.75, 3.05) is 38.8 Å². The van der Waals surface area contributed by atoms with Crippen LogP contribution in [0.3, 0.4) is 0 Å². The van der Waals surface area contributed by atoms with E-state index < -0.39 is 6.10 Å². The van der Waals surface area contributed by atoms with E-state index in [4.69, 9.17) is 25.8 Å². The molecule has 3 rings (SSSR count). The maximum absolute atomic E-state index is 10.5. The molecule has 2 N–H and O–H groups in total. The summed E-state index contributed by atoms with van der Waals surface area (Å²) in [4.78, 5) is 9.49. The second kappa shape index (κ2) is 13.4. The maximum Gasteiger partial charge on any atom is 0.162 e. The van der Waals surface area contributed by atoms with E-state index in [9.17, 15) is 5.11 Å². The minimum Gasteiger partial charge on any atom is -0.493 e. The first-order chi connectivity index (χ1) is 14.9. The summed E-state index contributed by atoms with van der Waals surface area (Å²) >= 11 is 6.04. The number of hydrogen-bond donors (Lipinski definition) is 2. The molecule has 0 saturated carbocycles. The van der Waals surface area contributed by atoms with E-state index in [-0.39, 0.29) is 31.4 Å². The Morgan fingerprint density at radius 3 is 2.27 bits per heavy atom. The highest BCUT2D eigenvalue weighted by molar-refractivity contribution is 6.30. The van der Waals surface area contributed by atoms with Crippen molar-refractivity contribution in [2.24, 2.45) is 0 Å². The van der Waals surface area contributed by atoms with Gasteiger partial charge in [-0.05, 0) is 50.2 Å². The molecule has 3 aromatic rings. The quantitative estimate of drug-likeness (QED) is 0.386. The third kappa shape index (κ3) is 7.33. The monoisotopic (exact) mass is 517 g/mol. The minimum absolute atomic E-state index is 0. The lowest BCUT2D eigenvalue weighted by Gasteiger charge is -2.26. The van der Waals surface area contributed by atoms with Crippen molar-refractivity contribution in [2.45, 2.75) is 20.0 Å². The molecule has 7 nitrogen and oxygen atoms in total. The van der Waals surface area contributed by atoms with Gasteiger partial charge in [-0.15, -0.1) is 24.8 Å². The molecule has 0 radical (unpaired) electrons. The van der Waals surface area contributed by atoms with Crippen LogP contribution in [0.15, 0.2) is 42.5 Å². The Morgan fingerprint density at radius 2 is 1.73 bits per heavy atom. The molecule has 1 atom stereocenters. The zero-order valence-corrected chi connectivity index (χ0v) is 21.4. The van der Waals surface area contributed by atoms with Crippen molar-refractivity contribution < 1.29 is 19.3 Å². The summed E-state index contributed by atoms with van der Waals surface area (Å²) in [6.45, 7) is 5.21. The van der Waals surface area contributed by atoms with Crippen LogP contribution in [0.4, 0.5) is 5.69 Å². The molecular formula is C23H30Cl3N3O4. The largest absolute Gasteiger partial charge is 0.493 e. The number of rotatable bonds is 10. The predicted octanol–water partition coefficient (Wildman–Crippen LogP) is 5.17. The fraction of sp³-hybridized carbons (Fsp3) is 0.348. The standard InChI is InChI=1S/C23H28ClN3O4.2ClH/c1-5-27(17-8-11-20(29-3)21(12-17)30-4)13-18(28)14-31-19-9-6-16(7-10-19)23-25-15(2)22(24)26-23;;/h6-12,18,28H,5,13-14H2,1-4H3,(H,25,26);2*1H. The number of likely N-dealkylation sites (N-methyl/N-ethyl adjacent to an activating group) is 1. The number of aryl methyl sites for hydroxylation is 1. The minimum atomic E-state index is -0.667. The summed E-state index contributed by atoms with van der Waals surface area (Å²) in [5.41, 5.74) is 2.61. The van der Waals surface area contributed by atoms with Gasteiger partial charge in [0.2, 0.25) is 0 Å². The SMILES string of the molecule is CCN(CC(O)COc1ccc(-c2nc(C)c(Cl)[nH]2)cc1)c1ccc(OC)c(OC)c1.Cl.Cl. The molecule has 0 fully saturated rings. The highest BCUT2D eigenvalue weighted by atomic mass is 35.5. The van der Waals surface area contributed by atoms with Gasteiger partial charge in [-0.2, -0.15) is 0 Å². The Hall–Kier alpha value is -2.32. The van der Waals surface area contributed by atoms with Gasteiger partial charge in [0.05, 0.1) is 19.9 Å². The second-order valence-corrected chi connectivity index (χ2v) is 7.43. The predicted molar refractivity (Wildman–Crippen MR) is 137 cm³/mol. The average molecular weight is 519 g/mol. The van der Waals surface area contributed by atoms with Gasteiger partial charge in [0.25, 0.3) is 0 Å². The number of aromatic amines is 1. The zero-order valence-electron chi connectivity index (χ0n) is 19.0. The molecule has 0 aliphatic rings. The lowest BCUT2D eigenvalue weighted by Crippen LogP contribution is -2.35. The van der Waals surface area contributed by atoms with Crippen LogP contribution < -0.4 is 19.1 Å². The number of imidazole rings is 1. The summed E-state index contributed by atoms with van der Waals surface area (Å²) < 4.78 is 16.4. The topological polar surface area (TPSA) is 79.8 Å². The van der Waals surface area contributed by atoms with Crippen LogP contribution >= 0.6 is 36.4 Å². The number of benzene rings is 2. The van der Waals surface area contributed by atoms with Crippen LogP contribution in [0, 0.1) is 6.92 Å². The zero-order chi connectivity index (χ0) is 22.4. The summed E-state index contributed by atoms with van der Waals surface area (Å²) in [7, 11) is 3.21. The molecule has 0 aliphatic carbocycles. The summed E-state index contributed by atoms with van der Waals surface area (Å²) in [5.74, 6) is 2.70. The molecule has 182 valence electrons. The van der Waals surface area contributed by atoms with Gasteiger partial charge >= 0.3 is 0 Å². The number of nitrogens with zero attached hydrogens (tertiary/aromatic N) is 2. The lowest BCUT2D eigenvalue weighted by atomic mass is 10.2. The van der Waals surface area contributed by atoms with Gasteiger partial charge in [0.1, 0.15) is 29.4 Å². The molecule has 0 spiro atoms. The lowest BCUT2D eigenvalue weighted by molar-refractivity contribution is 0.112. The van der Waals surface area contributed by atoms with Gasteiger partial charge in [-0.1, -0.05) is 11.6 Å². The van der Waals surface area contributed by atoms with Crippen molar-refractivity contribution in [3.8, 4) is 28.6 Å². The summed E-state index contributed by atoms with van der Waals surface area (Å²) in [6.07, 6.45) is -0.667. The number of methoxy groups -OCH3 is 2. The second-order valence-electron chi connectivity index (χ2n) is 7.05. The number of H-pyrrole nitrogens is 1. The maximum atomic E-state index is 10.5. The number of anilines is 1. The molecule has 10 heteroatoms. The van der Waals surface area contributed by atoms with Gasteiger partial charge in [0, 0.05) is 30.4 Å². The van der Waals surface area contributed by atoms with E-state index in [1.54, 1.807) is 14.2 Å². The van der Waals surface area contributed by atoms with Crippen molar-refractivity contribution >= 4 is 42.1 Å². The van der Waals surface area contributed by atoms with Crippen molar-refractivity contribution in [1.82, 2.24) is 9.97 Å². The molecule has 33 heavy (non-hydrogen) atoms. The van der Waals surface area contributed by atoms with E-state index in [0.717, 1.165) is 23.5 Å². The number of ether oxygens (including phenoxy) is 3. The van der Waals surface area contributed by atoms with Crippen LogP contribution in [0.25, 0.3) is 11.4 Å². The molecule has 1 unspecified atom stereocenters. The van der Waals surface area contributed by atoms with Crippen LogP contribution in [0.1, 0.15) is 12.6 Å². The Bertz CT molecular complexity index is 980. The fourth-order valence-corrected chi connectivity index (χ4v) is 3.35. The number of halogens is 3. The van der Waals surface area contributed by atoms with Gasteiger partial charge < -0.3 is 29.2 Å². The molecule has 0 amide bonds. The molecule has 1 aromatic heterocycles. The Morgan fingerprint density at radius 1 is 1.06 bits per heavy atom. The first-order valence-electron chi connectivity index (χ1n) is 10.1. The number of hydrogen-bond acceptors (Lipinski definition) is 6. The van der Waals surface area contributed by atoms with E-state index in [1.165, 1.54) is 0 Å². The van der Waals surface area contributed by atoms with E-state index in [1.807, 2.05) is 56.3 Å². The van der Waals surface area contributed by atoms with Crippen LogP contribution in [0.5, 0.6) is 17.2 Å². The highest BCUT2D eigenvalue weighted by Gasteiger charge is 2.15. The number of aliphatic hydroxyl groups excluding tert-OH is 1. The molecule has 0 saturated heterocycles. The van der Waals surface area contributed by atoms with E-state index in [2.05, 4.69) is 14.9 Å². The highest BCUT2D eigenvalue weighted by Crippen LogP contribution is 2.31. The summed E-state index contributed by atoms with van der Waals surface area (Å²) in [6, 6.07) is 13.2.